The van der Waals surface area contributed by atoms with E-state index in [1.165, 1.54) is 0 Å². The number of hydrogen-bond acceptors (Lipinski definition) is 2. The van der Waals surface area contributed by atoms with Gasteiger partial charge in [-0.05, 0) is 36.7 Å². The molecule has 0 aliphatic carbocycles. The molecule has 1 atom stereocenters. The molecule has 1 fully saturated rings. The molecule has 1 aromatic carbocycles. The van der Waals surface area contributed by atoms with Crippen molar-refractivity contribution < 1.29 is 5.11 Å². The summed E-state index contributed by atoms with van der Waals surface area (Å²) in [4.78, 5) is 0. The molecule has 1 heterocycles. The maximum Gasteiger partial charge on any atom is 0.115 e. The average Bonchev–Trinajstić information content (AvgIpc) is 1.93. The molecule has 2 N–H and O–H groups in total. The SMILES string of the molecule is Oc1ccc(Br)c([C@@H]2CCN2)c1. The Bertz CT molecular complexity index is 297. The van der Waals surface area contributed by atoms with Crippen molar-refractivity contribution in [1.29, 1.82) is 0 Å². The molecule has 1 aliphatic heterocycles. The highest BCUT2D eigenvalue weighted by Gasteiger charge is 2.20. The lowest BCUT2D eigenvalue weighted by atomic mass is 9.98. The van der Waals surface area contributed by atoms with Crippen molar-refractivity contribution in [3.05, 3.63) is 28.2 Å². The minimum absolute atomic E-state index is 0.335. The summed E-state index contributed by atoms with van der Waals surface area (Å²) in [5.41, 5.74) is 1.15. The summed E-state index contributed by atoms with van der Waals surface area (Å²) < 4.78 is 1.07. The van der Waals surface area contributed by atoms with Crippen molar-refractivity contribution >= 4 is 15.9 Å². The fourth-order valence-corrected chi connectivity index (χ4v) is 1.88. The lowest BCUT2D eigenvalue weighted by Gasteiger charge is -2.28. The van der Waals surface area contributed by atoms with Crippen LogP contribution in [0.15, 0.2) is 22.7 Å². The third-order valence-corrected chi connectivity index (χ3v) is 2.90. The van der Waals surface area contributed by atoms with Crippen LogP contribution in [0.5, 0.6) is 5.75 Å². The van der Waals surface area contributed by atoms with Gasteiger partial charge in [-0.3, -0.25) is 0 Å². The standard InChI is InChI=1S/C9H10BrNO/c10-8-2-1-6(12)5-7(8)9-3-4-11-9/h1-2,5,9,11-12H,3-4H2/t9-/m0/s1. The third kappa shape index (κ3) is 1.34. The molecular formula is C9H10BrNO. The Morgan fingerprint density at radius 1 is 1.50 bits per heavy atom. The summed E-state index contributed by atoms with van der Waals surface area (Å²) in [7, 11) is 0. The fraction of sp³-hybridized carbons (Fsp3) is 0.333. The van der Waals surface area contributed by atoms with Gasteiger partial charge in [-0.2, -0.15) is 0 Å². The molecule has 2 nitrogen and oxygen atoms in total. The molecule has 64 valence electrons. The summed E-state index contributed by atoms with van der Waals surface area (Å²) >= 11 is 3.45. The maximum absolute atomic E-state index is 9.26. The Balaban J connectivity index is 2.34. The number of hydrogen-bond donors (Lipinski definition) is 2. The fourth-order valence-electron chi connectivity index (χ4n) is 1.35. The number of rotatable bonds is 1. The maximum atomic E-state index is 9.26. The van der Waals surface area contributed by atoms with Gasteiger partial charge in [-0.1, -0.05) is 15.9 Å². The highest BCUT2D eigenvalue weighted by atomic mass is 79.9. The van der Waals surface area contributed by atoms with Gasteiger partial charge in [0.25, 0.3) is 0 Å². The van der Waals surface area contributed by atoms with Crippen molar-refractivity contribution in [2.45, 2.75) is 12.5 Å². The molecule has 0 aromatic heterocycles. The van der Waals surface area contributed by atoms with E-state index in [-0.39, 0.29) is 0 Å². The van der Waals surface area contributed by atoms with E-state index in [4.69, 9.17) is 0 Å². The van der Waals surface area contributed by atoms with Gasteiger partial charge in [0.15, 0.2) is 0 Å². The van der Waals surface area contributed by atoms with Gasteiger partial charge in [-0.25, -0.2) is 0 Å². The molecule has 1 aliphatic rings. The molecule has 0 saturated carbocycles. The molecule has 0 radical (unpaired) electrons. The van der Waals surface area contributed by atoms with E-state index < -0.39 is 0 Å². The predicted octanol–water partition coefficient (Wildman–Crippen LogP) is 2.19. The molecule has 12 heavy (non-hydrogen) atoms. The monoisotopic (exact) mass is 227 g/mol. The molecule has 3 heteroatoms. The zero-order chi connectivity index (χ0) is 8.55. The number of phenols is 1. The number of aromatic hydroxyl groups is 1. The lowest BCUT2D eigenvalue weighted by molar-refractivity contribution is 0.379. The van der Waals surface area contributed by atoms with E-state index in [0.717, 1.165) is 23.0 Å². The zero-order valence-electron chi connectivity index (χ0n) is 6.55. The largest absolute Gasteiger partial charge is 0.508 e. The first-order valence-electron chi connectivity index (χ1n) is 3.99. The third-order valence-electron chi connectivity index (χ3n) is 2.18. The van der Waals surface area contributed by atoms with Gasteiger partial charge < -0.3 is 10.4 Å². The van der Waals surface area contributed by atoms with Gasteiger partial charge >= 0.3 is 0 Å². The van der Waals surface area contributed by atoms with Crippen LogP contribution in [0.25, 0.3) is 0 Å². The highest BCUT2D eigenvalue weighted by Crippen LogP contribution is 2.31. The second kappa shape index (κ2) is 3.07. The van der Waals surface area contributed by atoms with Gasteiger partial charge in [0.05, 0.1) is 0 Å². The first kappa shape index (κ1) is 8.08. The smallest absolute Gasteiger partial charge is 0.115 e. The summed E-state index contributed by atoms with van der Waals surface area (Å²) in [6, 6.07) is 5.80. The average molecular weight is 228 g/mol. The summed E-state index contributed by atoms with van der Waals surface area (Å²) in [6.07, 6.45) is 1.15. The van der Waals surface area contributed by atoms with Crippen LogP contribution in [-0.4, -0.2) is 11.7 Å². The number of phenolic OH excluding ortho intramolecular Hbond substituents is 1. The molecule has 0 unspecified atom stereocenters. The number of benzene rings is 1. The van der Waals surface area contributed by atoms with Crippen LogP contribution in [0.3, 0.4) is 0 Å². The van der Waals surface area contributed by atoms with Crippen molar-refractivity contribution in [3.8, 4) is 5.75 Å². The van der Waals surface area contributed by atoms with E-state index in [1.807, 2.05) is 6.07 Å². The molecule has 0 amide bonds. The normalized spacial score (nSPS) is 21.9. The second-order valence-electron chi connectivity index (χ2n) is 3.00. The quantitative estimate of drug-likeness (QED) is 0.772. The van der Waals surface area contributed by atoms with Gasteiger partial charge in [0.2, 0.25) is 0 Å². The van der Waals surface area contributed by atoms with E-state index in [1.54, 1.807) is 12.1 Å². The van der Waals surface area contributed by atoms with Crippen molar-refractivity contribution in [3.63, 3.8) is 0 Å². The molecule has 1 saturated heterocycles. The topological polar surface area (TPSA) is 32.3 Å². The molecule has 1 aromatic rings. The van der Waals surface area contributed by atoms with Crippen LogP contribution < -0.4 is 5.32 Å². The Kier molecular flexibility index (Phi) is 2.07. The minimum Gasteiger partial charge on any atom is -0.508 e. The van der Waals surface area contributed by atoms with Crippen LogP contribution in [0.2, 0.25) is 0 Å². The summed E-state index contributed by atoms with van der Waals surface area (Å²) in [5, 5.41) is 12.5. The Morgan fingerprint density at radius 3 is 2.83 bits per heavy atom. The summed E-state index contributed by atoms with van der Waals surface area (Å²) in [6.45, 7) is 1.08. The molecule has 0 bridgehead atoms. The molecule has 0 spiro atoms. The van der Waals surface area contributed by atoms with Crippen molar-refractivity contribution in [1.82, 2.24) is 5.32 Å². The molecular weight excluding hydrogens is 218 g/mol. The van der Waals surface area contributed by atoms with E-state index >= 15 is 0 Å². The minimum atomic E-state index is 0.335. The van der Waals surface area contributed by atoms with Crippen molar-refractivity contribution in [2.75, 3.05) is 6.54 Å². The van der Waals surface area contributed by atoms with E-state index in [9.17, 15) is 5.11 Å². The van der Waals surface area contributed by atoms with E-state index in [0.29, 0.717) is 11.8 Å². The van der Waals surface area contributed by atoms with Gasteiger partial charge in [-0.15, -0.1) is 0 Å². The first-order valence-corrected chi connectivity index (χ1v) is 4.78. The predicted molar refractivity (Wildman–Crippen MR) is 51.2 cm³/mol. The van der Waals surface area contributed by atoms with Crippen molar-refractivity contribution in [2.24, 2.45) is 0 Å². The number of nitrogens with one attached hydrogen (secondary N) is 1. The van der Waals surface area contributed by atoms with Crippen LogP contribution in [0.4, 0.5) is 0 Å². The van der Waals surface area contributed by atoms with Gasteiger partial charge in [0, 0.05) is 10.5 Å². The van der Waals surface area contributed by atoms with Gasteiger partial charge in [0.1, 0.15) is 5.75 Å². The lowest BCUT2D eigenvalue weighted by Crippen LogP contribution is -2.35. The zero-order valence-corrected chi connectivity index (χ0v) is 8.13. The highest BCUT2D eigenvalue weighted by molar-refractivity contribution is 9.10. The molecule has 2 rings (SSSR count). The second-order valence-corrected chi connectivity index (χ2v) is 3.86. The Morgan fingerprint density at radius 2 is 2.25 bits per heavy atom. The number of halogens is 1. The Hall–Kier alpha value is -0.540. The van der Waals surface area contributed by atoms with Crippen LogP contribution in [0, 0.1) is 0 Å². The van der Waals surface area contributed by atoms with Crippen LogP contribution in [0.1, 0.15) is 18.0 Å². The first-order chi connectivity index (χ1) is 5.77. The van der Waals surface area contributed by atoms with Crippen LogP contribution >= 0.6 is 15.9 Å². The van der Waals surface area contributed by atoms with Crippen LogP contribution in [-0.2, 0) is 0 Å². The Labute approximate surface area is 79.7 Å². The van der Waals surface area contributed by atoms with E-state index in [2.05, 4.69) is 21.2 Å². The summed E-state index contributed by atoms with van der Waals surface area (Å²) in [5.74, 6) is 0.335.